The molecule has 0 aliphatic heterocycles. The van der Waals surface area contributed by atoms with Gasteiger partial charge in [0.05, 0.1) is 19.2 Å². The minimum atomic E-state index is 0.673. The molecule has 3 nitrogen and oxygen atoms in total. The standard InChI is InChI=1S/C16H18ClNO2S/c1-10-6-14(19-2)15(20-3)7-11(10)9-21-16-5-4-12(18)8-13(16)17/h4-8H,9,18H2,1-3H3. The summed E-state index contributed by atoms with van der Waals surface area (Å²) in [4.78, 5) is 1.01. The number of thioether (sulfide) groups is 1. The number of hydrogen-bond acceptors (Lipinski definition) is 4. The summed E-state index contributed by atoms with van der Waals surface area (Å²) in [6.45, 7) is 2.06. The van der Waals surface area contributed by atoms with Crippen LogP contribution >= 0.6 is 23.4 Å². The monoisotopic (exact) mass is 323 g/mol. The van der Waals surface area contributed by atoms with Crippen molar-refractivity contribution in [2.24, 2.45) is 0 Å². The van der Waals surface area contributed by atoms with Gasteiger partial charge in [0, 0.05) is 16.3 Å². The maximum Gasteiger partial charge on any atom is 0.161 e. The van der Waals surface area contributed by atoms with Crippen molar-refractivity contribution >= 4 is 29.1 Å². The number of nitrogens with two attached hydrogens (primary N) is 1. The molecule has 2 aromatic rings. The second-order valence-electron chi connectivity index (χ2n) is 4.61. The summed E-state index contributed by atoms with van der Waals surface area (Å²) in [5.74, 6) is 2.28. The van der Waals surface area contributed by atoms with Gasteiger partial charge in [-0.2, -0.15) is 0 Å². The van der Waals surface area contributed by atoms with E-state index in [9.17, 15) is 0 Å². The van der Waals surface area contributed by atoms with Crippen LogP contribution in [0, 0.1) is 6.92 Å². The quantitative estimate of drug-likeness (QED) is 0.648. The number of aryl methyl sites for hydroxylation is 1. The summed E-state index contributed by atoms with van der Waals surface area (Å²) in [7, 11) is 3.28. The van der Waals surface area contributed by atoms with Gasteiger partial charge < -0.3 is 15.2 Å². The molecule has 0 radical (unpaired) electrons. The Hall–Kier alpha value is -1.52. The first kappa shape index (κ1) is 15.9. The van der Waals surface area contributed by atoms with Crippen molar-refractivity contribution in [1.29, 1.82) is 0 Å². The van der Waals surface area contributed by atoms with Crippen molar-refractivity contribution in [2.45, 2.75) is 17.6 Å². The summed E-state index contributed by atoms with van der Waals surface area (Å²) in [5.41, 5.74) is 8.72. The van der Waals surface area contributed by atoms with Crippen LogP contribution in [0.25, 0.3) is 0 Å². The first-order chi connectivity index (χ1) is 10.0. The molecule has 0 atom stereocenters. The summed E-state index contributed by atoms with van der Waals surface area (Å²) >= 11 is 7.87. The number of halogens is 1. The molecule has 0 spiro atoms. The van der Waals surface area contributed by atoms with Crippen molar-refractivity contribution in [3.8, 4) is 11.5 Å². The number of rotatable bonds is 5. The Labute approximate surface area is 134 Å². The van der Waals surface area contributed by atoms with Crippen LogP contribution in [0.5, 0.6) is 11.5 Å². The zero-order valence-corrected chi connectivity index (χ0v) is 13.8. The van der Waals surface area contributed by atoms with Crippen LogP contribution in [0.3, 0.4) is 0 Å². The number of ether oxygens (including phenoxy) is 2. The highest BCUT2D eigenvalue weighted by atomic mass is 35.5. The zero-order chi connectivity index (χ0) is 15.4. The van der Waals surface area contributed by atoms with Crippen LogP contribution in [0.15, 0.2) is 35.2 Å². The van der Waals surface area contributed by atoms with Gasteiger partial charge >= 0.3 is 0 Å². The molecular weight excluding hydrogens is 306 g/mol. The minimum absolute atomic E-state index is 0.673. The molecule has 5 heteroatoms. The second-order valence-corrected chi connectivity index (χ2v) is 6.04. The van der Waals surface area contributed by atoms with Crippen LogP contribution in [0.4, 0.5) is 5.69 Å². The fraction of sp³-hybridized carbons (Fsp3) is 0.250. The first-order valence-electron chi connectivity index (χ1n) is 6.44. The average Bonchev–Trinajstić information content (AvgIpc) is 2.47. The Morgan fingerprint density at radius 1 is 1.10 bits per heavy atom. The topological polar surface area (TPSA) is 44.5 Å². The van der Waals surface area contributed by atoms with E-state index < -0.39 is 0 Å². The van der Waals surface area contributed by atoms with E-state index in [1.807, 2.05) is 24.3 Å². The number of benzene rings is 2. The lowest BCUT2D eigenvalue weighted by Gasteiger charge is -2.13. The lowest BCUT2D eigenvalue weighted by molar-refractivity contribution is 0.354. The Bertz CT molecular complexity index is 646. The molecule has 0 amide bonds. The summed E-state index contributed by atoms with van der Waals surface area (Å²) in [6, 6.07) is 9.56. The fourth-order valence-electron chi connectivity index (χ4n) is 1.97. The first-order valence-corrected chi connectivity index (χ1v) is 7.81. The molecule has 0 fully saturated rings. The van der Waals surface area contributed by atoms with E-state index in [0.29, 0.717) is 10.7 Å². The molecule has 0 unspecified atom stereocenters. The van der Waals surface area contributed by atoms with Gasteiger partial charge in [-0.25, -0.2) is 0 Å². The van der Waals surface area contributed by atoms with Gasteiger partial charge in [-0.1, -0.05) is 11.6 Å². The minimum Gasteiger partial charge on any atom is -0.493 e. The number of hydrogen-bond donors (Lipinski definition) is 1. The number of anilines is 1. The lowest BCUT2D eigenvalue weighted by atomic mass is 10.1. The highest BCUT2D eigenvalue weighted by molar-refractivity contribution is 7.98. The van der Waals surface area contributed by atoms with Crippen molar-refractivity contribution in [1.82, 2.24) is 0 Å². The average molecular weight is 324 g/mol. The molecule has 21 heavy (non-hydrogen) atoms. The third-order valence-electron chi connectivity index (χ3n) is 3.18. The van der Waals surface area contributed by atoms with E-state index in [4.69, 9.17) is 26.8 Å². The molecule has 2 aromatic carbocycles. The van der Waals surface area contributed by atoms with Gasteiger partial charge in [0.2, 0.25) is 0 Å². The molecule has 0 aromatic heterocycles. The lowest BCUT2D eigenvalue weighted by Crippen LogP contribution is -1.95. The van der Waals surface area contributed by atoms with E-state index in [-0.39, 0.29) is 0 Å². The third-order valence-corrected chi connectivity index (χ3v) is 4.73. The van der Waals surface area contributed by atoms with E-state index >= 15 is 0 Å². The zero-order valence-electron chi connectivity index (χ0n) is 12.3. The SMILES string of the molecule is COc1cc(C)c(CSc2ccc(N)cc2Cl)cc1OC. The van der Waals surface area contributed by atoms with E-state index in [0.717, 1.165) is 27.7 Å². The molecule has 0 saturated carbocycles. The summed E-state index contributed by atoms with van der Waals surface area (Å²) in [5, 5.41) is 0.679. The van der Waals surface area contributed by atoms with Gasteiger partial charge in [0.25, 0.3) is 0 Å². The molecule has 0 heterocycles. The largest absolute Gasteiger partial charge is 0.493 e. The molecule has 0 saturated heterocycles. The van der Waals surface area contributed by atoms with E-state index in [1.165, 1.54) is 5.56 Å². The van der Waals surface area contributed by atoms with Crippen LogP contribution in [-0.2, 0) is 5.75 Å². The third kappa shape index (κ3) is 3.77. The second kappa shape index (κ2) is 6.96. The fourth-order valence-corrected chi connectivity index (χ4v) is 3.30. The van der Waals surface area contributed by atoms with Gasteiger partial charge in [0.15, 0.2) is 11.5 Å². The van der Waals surface area contributed by atoms with Crippen LogP contribution in [0.2, 0.25) is 5.02 Å². The molecule has 2 N–H and O–H groups in total. The maximum atomic E-state index is 6.20. The predicted octanol–water partition coefficient (Wildman–Crippen LogP) is 4.54. The summed E-state index contributed by atoms with van der Waals surface area (Å²) in [6.07, 6.45) is 0. The summed E-state index contributed by atoms with van der Waals surface area (Å²) < 4.78 is 10.6. The van der Waals surface area contributed by atoms with Crippen LogP contribution < -0.4 is 15.2 Å². The van der Waals surface area contributed by atoms with Crippen molar-refractivity contribution < 1.29 is 9.47 Å². The maximum absolute atomic E-state index is 6.20. The van der Waals surface area contributed by atoms with Crippen molar-refractivity contribution in [3.05, 3.63) is 46.5 Å². The smallest absolute Gasteiger partial charge is 0.161 e. The molecule has 0 aliphatic rings. The van der Waals surface area contributed by atoms with Crippen molar-refractivity contribution in [2.75, 3.05) is 20.0 Å². The predicted molar refractivity (Wildman–Crippen MR) is 89.7 cm³/mol. The Kier molecular flexibility index (Phi) is 5.26. The molecule has 0 aliphatic carbocycles. The molecular formula is C16H18ClNO2S. The van der Waals surface area contributed by atoms with Gasteiger partial charge in [-0.3, -0.25) is 0 Å². The van der Waals surface area contributed by atoms with Gasteiger partial charge in [-0.05, 0) is 48.4 Å². The highest BCUT2D eigenvalue weighted by Gasteiger charge is 2.10. The van der Waals surface area contributed by atoms with Crippen LogP contribution in [-0.4, -0.2) is 14.2 Å². The highest BCUT2D eigenvalue weighted by Crippen LogP contribution is 2.35. The Morgan fingerprint density at radius 2 is 1.76 bits per heavy atom. The van der Waals surface area contributed by atoms with E-state index in [1.54, 1.807) is 32.0 Å². The van der Waals surface area contributed by atoms with E-state index in [2.05, 4.69) is 6.92 Å². The Morgan fingerprint density at radius 3 is 2.38 bits per heavy atom. The number of methoxy groups -OCH3 is 2. The van der Waals surface area contributed by atoms with Gasteiger partial charge in [-0.15, -0.1) is 11.8 Å². The Balaban J connectivity index is 2.19. The van der Waals surface area contributed by atoms with Crippen LogP contribution in [0.1, 0.15) is 11.1 Å². The molecule has 2 rings (SSSR count). The number of nitrogen functional groups attached to an aromatic ring is 1. The van der Waals surface area contributed by atoms with Gasteiger partial charge in [0.1, 0.15) is 0 Å². The van der Waals surface area contributed by atoms with Crippen molar-refractivity contribution in [3.63, 3.8) is 0 Å². The molecule has 112 valence electrons. The normalized spacial score (nSPS) is 10.5. The molecule has 0 bridgehead atoms.